The highest BCUT2D eigenvalue weighted by molar-refractivity contribution is 6.35. The maximum Gasteiger partial charge on any atom is 0.320 e. The Hall–Kier alpha value is -3.36. The number of ether oxygens (including phenoxy) is 1. The van der Waals surface area contributed by atoms with Crippen LogP contribution in [0, 0.1) is 20.2 Å². The van der Waals surface area contributed by atoms with Gasteiger partial charge in [0, 0.05) is 10.0 Å². The maximum absolute atomic E-state index is 12.1. The van der Waals surface area contributed by atoms with E-state index in [0.29, 0.717) is 21.2 Å². The molecule has 4 rings (SSSR count). The van der Waals surface area contributed by atoms with Crippen molar-refractivity contribution < 1.29 is 14.6 Å². The van der Waals surface area contributed by atoms with E-state index in [1.54, 1.807) is 48.5 Å². The number of nitro benzene ring substituents is 2. The van der Waals surface area contributed by atoms with Gasteiger partial charge in [-0.05, 0) is 59.7 Å². The summed E-state index contributed by atoms with van der Waals surface area (Å²) in [5.41, 5.74) is 0.0861. The first kappa shape index (κ1) is 24.8. The van der Waals surface area contributed by atoms with E-state index < -0.39 is 21.2 Å². The molecule has 0 amide bonds. The van der Waals surface area contributed by atoms with Crippen molar-refractivity contribution in [2.45, 2.75) is 0 Å². The Kier molecular flexibility index (Phi) is 7.14. The van der Waals surface area contributed by atoms with Crippen molar-refractivity contribution in [3.8, 4) is 33.8 Å². The molecule has 0 aliphatic carbocycles. The molecule has 0 radical (unpaired) electrons. The molecular weight excluding hydrogens is 538 g/mol. The van der Waals surface area contributed by atoms with Gasteiger partial charge in [0.15, 0.2) is 0 Å². The van der Waals surface area contributed by atoms with Gasteiger partial charge in [-0.15, -0.1) is 0 Å². The lowest BCUT2D eigenvalue weighted by Gasteiger charge is -2.14. The highest BCUT2D eigenvalue weighted by Crippen LogP contribution is 2.48. The zero-order valence-corrected chi connectivity index (χ0v) is 20.4. The number of halogens is 4. The van der Waals surface area contributed by atoms with Crippen LogP contribution in [0.2, 0.25) is 20.1 Å². The minimum atomic E-state index is -0.660. The van der Waals surface area contributed by atoms with Crippen molar-refractivity contribution >= 4 is 57.8 Å². The summed E-state index contributed by atoms with van der Waals surface area (Å²) in [7, 11) is 0. The summed E-state index contributed by atoms with van der Waals surface area (Å²) in [4.78, 5) is 22.9. The summed E-state index contributed by atoms with van der Waals surface area (Å²) < 4.78 is 5.79. The summed E-state index contributed by atoms with van der Waals surface area (Å²) in [6.45, 7) is 0. The maximum atomic E-state index is 12.1. The van der Waals surface area contributed by atoms with Crippen LogP contribution in [-0.4, -0.2) is 9.85 Å². The van der Waals surface area contributed by atoms with E-state index in [0.717, 1.165) is 0 Å². The van der Waals surface area contributed by atoms with E-state index in [9.17, 15) is 20.2 Å². The number of benzene rings is 4. The number of rotatable bonds is 6. The van der Waals surface area contributed by atoms with Gasteiger partial charge in [-0.25, -0.2) is 0 Å². The molecule has 7 nitrogen and oxygen atoms in total. The molecule has 4 aromatic rings. The van der Waals surface area contributed by atoms with E-state index in [2.05, 4.69) is 0 Å². The van der Waals surface area contributed by atoms with E-state index >= 15 is 0 Å². The molecule has 0 N–H and O–H groups in total. The molecule has 0 fully saturated rings. The average Bonchev–Trinajstić information content (AvgIpc) is 2.82. The van der Waals surface area contributed by atoms with Crippen LogP contribution >= 0.6 is 46.4 Å². The Morgan fingerprint density at radius 2 is 0.886 bits per heavy atom. The molecule has 0 spiro atoms. The van der Waals surface area contributed by atoms with Crippen LogP contribution in [0.1, 0.15) is 0 Å². The molecule has 176 valence electrons. The SMILES string of the molecule is O=[N+]([O-])c1c(Oc2ccc(Cl)c(-c3ccc(Cl)cc3)c2[N+](=O)[O-])ccc(Cl)c1-c1ccc(Cl)cc1. The lowest BCUT2D eigenvalue weighted by atomic mass is 10.0. The summed E-state index contributed by atoms with van der Waals surface area (Å²) in [5.74, 6) is -0.478. The van der Waals surface area contributed by atoms with E-state index in [4.69, 9.17) is 51.1 Å². The Labute approximate surface area is 218 Å². The van der Waals surface area contributed by atoms with Crippen molar-refractivity contribution in [3.63, 3.8) is 0 Å². The Morgan fingerprint density at radius 1 is 0.543 bits per heavy atom. The fourth-order valence-corrected chi connectivity index (χ4v) is 4.30. The summed E-state index contributed by atoms with van der Waals surface area (Å²) in [6, 6.07) is 17.9. The summed E-state index contributed by atoms with van der Waals surface area (Å²) in [5, 5.41) is 25.2. The molecule has 11 heteroatoms. The molecule has 0 unspecified atom stereocenters. The number of hydrogen-bond acceptors (Lipinski definition) is 5. The third-order valence-electron chi connectivity index (χ3n) is 5.03. The van der Waals surface area contributed by atoms with Crippen LogP contribution in [-0.2, 0) is 0 Å². The summed E-state index contributed by atoms with van der Waals surface area (Å²) in [6.07, 6.45) is 0. The van der Waals surface area contributed by atoms with Gasteiger partial charge in [0.25, 0.3) is 0 Å². The number of hydrogen-bond donors (Lipinski definition) is 0. The topological polar surface area (TPSA) is 95.5 Å². The van der Waals surface area contributed by atoms with E-state index in [1.807, 2.05) is 0 Å². The normalized spacial score (nSPS) is 10.7. The van der Waals surface area contributed by atoms with Gasteiger partial charge in [0.2, 0.25) is 11.5 Å². The van der Waals surface area contributed by atoms with Crippen LogP contribution in [0.15, 0.2) is 72.8 Å². The second-order valence-electron chi connectivity index (χ2n) is 7.17. The fraction of sp³-hybridized carbons (Fsp3) is 0. The average molecular weight is 550 g/mol. The standard InChI is InChI=1S/C24H12Cl4N2O5/c25-15-5-1-13(2-6-15)21-17(27)9-11-19(23(21)29(31)32)35-20-12-10-18(28)22(24(20)30(33)34)14-3-7-16(26)8-4-14/h1-12H. The zero-order valence-electron chi connectivity index (χ0n) is 17.4. The Bertz CT molecular complexity index is 1350. The van der Waals surface area contributed by atoms with Crippen molar-refractivity contribution in [1.82, 2.24) is 0 Å². The second kappa shape index (κ2) is 10.1. The van der Waals surface area contributed by atoms with Crippen LogP contribution in [0.25, 0.3) is 22.3 Å². The first-order chi connectivity index (χ1) is 16.7. The van der Waals surface area contributed by atoms with Gasteiger partial charge in [-0.2, -0.15) is 0 Å². The number of nitro groups is 2. The third-order valence-corrected chi connectivity index (χ3v) is 6.16. The van der Waals surface area contributed by atoms with Crippen LogP contribution in [0.5, 0.6) is 11.5 Å². The van der Waals surface area contributed by atoms with Crippen LogP contribution in [0.4, 0.5) is 11.4 Å². The van der Waals surface area contributed by atoms with Crippen molar-refractivity contribution in [1.29, 1.82) is 0 Å². The molecule has 0 aromatic heterocycles. The van der Waals surface area contributed by atoms with Gasteiger partial charge in [0.05, 0.1) is 31.0 Å². The van der Waals surface area contributed by atoms with Crippen molar-refractivity contribution in [2.24, 2.45) is 0 Å². The lowest BCUT2D eigenvalue weighted by molar-refractivity contribution is -0.386. The highest BCUT2D eigenvalue weighted by atomic mass is 35.5. The Balaban J connectivity index is 1.91. The van der Waals surface area contributed by atoms with Gasteiger partial charge >= 0.3 is 11.4 Å². The molecule has 35 heavy (non-hydrogen) atoms. The molecule has 0 aliphatic heterocycles. The van der Waals surface area contributed by atoms with Gasteiger partial charge in [-0.3, -0.25) is 20.2 Å². The molecule has 0 atom stereocenters. The smallest absolute Gasteiger partial charge is 0.320 e. The van der Waals surface area contributed by atoms with E-state index in [-0.39, 0.29) is 32.7 Å². The predicted octanol–water partition coefficient (Wildman–Crippen LogP) is 9.24. The largest absolute Gasteiger partial charge is 0.443 e. The van der Waals surface area contributed by atoms with Crippen molar-refractivity contribution in [3.05, 3.63) is 113 Å². The van der Waals surface area contributed by atoms with Gasteiger partial charge < -0.3 is 4.74 Å². The molecule has 0 saturated carbocycles. The highest BCUT2D eigenvalue weighted by Gasteiger charge is 2.30. The minimum Gasteiger partial charge on any atom is -0.443 e. The second-order valence-corrected chi connectivity index (χ2v) is 8.86. The summed E-state index contributed by atoms with van der Waals surface area (Å²) >= 11 is 24.5. The first-order valence-corrected chi connectivity index (χ1v) is 11.3. The number of nitrogens with zero attached hydrogens (tertiary/aromatic N) is 2. The molecule has 0 bridgehead atoms. The molecule has 0 heterocycles. The monoisotopic (exact) mass is 548 g/mol. The Morgan fingerprint density at radius 3 is 1.20 bits per heavy atom. The van der Waals surface area contributed by atoms with Crippen molar-refractivity contribution in [2.75, 3.05) is 0 Å². The first-order valence-electron chi connectivity index (χ1n) is 9.81. The third kappa shape index (κ3) is 5.04. The lowest BCUT2D eigenvalue weighted by Crippen LogP contribution is -2.00. The predicted molar refractivity (Wildman–Crippen MR) is 137 cm³/mol. The molecule has 4 aromatic carbocycles. The molecule has 0 saturated heterocycles. The molecular formula is C24H12Cl4N2O5. The minimum absolute atomic E-state index is 0.0837. The van der Waals surface area contributed by atoms with Gasteiger partial charge in [-0.1, -0.05) is 70.7 Å². The zero-order chi connectivity index (χ0) is 25.3. The van der Waals surface area contributed by atoms with Gasteiger partial charge in [0.1, 0.15) is 0 Å². The fourth-order valence-electron chi connectivity index (χ4n) is 3.52. The van der Waals surface area contributed by atoms with Crippen LogP contribution in [0.3, 0.4) is 0 Å². The molecule has 0 aliphatic rings. The van der Waals surface area contributed by atoms with Crippen LogP contribution < -0.4 is 4.74 Å². The quantitative estimate of drug-likeness (QED) is 0.176. The van der Waals surface area contributed by atoms with E-state index in [1.165, 1.54) is 24.3 Å².